The lowest BCUT2D eigenvalue weighted by atomic mass is 9.99. The Hall–Kier alpha value is -3.02. The van der Waals surface area contributed by atoms with Crippen LogP contribution in [0.3, 0.4) is 0 Å². The van der Waals surface area contributed by atoms with E-state index < -0.39 is 0 Å². The molecule has 1 unspecified atom stereocenters. The van der Waals surface area contributed by atoms with Gasteiger partial charge in [0.25, 0.3) is 5.91 Å². The molecule has 1 fully saturated rings. The summed E-state index contributed by atoms with van der Waals surface area (Å²) in [6.07, 6.45) is 2.15. The number of ether oxygens (including phenoxy) is 1. The van der Waals surface area contributed by atoms with E-state index in [1.807, 2.05) is 24.3 Å². The zero-order valence-electron chi connectivity index (χ0n) is 18.8. The molecule has 1 aliphatic carbocycles. The number of aliphatic imine (C=N–C) groups is 1. The lowest BCUT2D eigenvalue weighted by molar-refractivity contribution is -0.123. The van der Waals surface area contributed by atoms with Gasteiger partial charge in [0.05, 0.1) is 6.54 Å². The molecular formula is C25H34N4O2. The summed E-state index contributed by atoms with van der Waals surface area (Å²) in [5.74, 6) is 1.79. The van der Waals surface area contributed by atoms with Crippen molar-refractivity contribution in [3.05, 3.63) is 65.2 Å². The molecule has 2 aromatic rings. The van der Waals surface area contributed by atoms with Gasteiger partial charge in [-0.05, 0) is 55.9 Å². The van der Waals surface area contributed by atoms with Gasteiger partial charge in [0.1, 0.15) is 5.75 Å². The average molecular weight is 423 g/mol. The molecule has 6 nitrogen and oxygen atoms in total. The van der Waals surface area contributed by atoms with Crippen LogP contribution in [-0.2, 0) is 11.3 Å². The van der Waals surface area contributed by atoms with Crippen molar-refractivity contribution in [1.29, 1.82) is 0 Å². The summed E-state index contributed by atoms with van der Waals surface area (Å²) in [6.45, 7) is 8.56. The first-order valence-corrected chi connectivity index (χ1v) is 11.1. The fourth-order valence-electron chi connectivity index (χ4n) is 3.24. The van der Waals surface area contributed by atoms with Crippen LogP contribution in [0.5, 0.6) is 5.75 Å². The fourth-order valence-corrected chi connectivity index (χ4v) is 3.24. The van der Waals surface area contributed by atoms with Crippen LogP contribution in [0.2, 0.25) is 0 Å². The summed E-state index contributed by atoms with van der Waals surface area (Å²) in [4.78, 5) is 16.5. The molecular weight excluding hydrogens is 388 g/mol. The highest BCUT2D eigenvalue weighted by molar-refractivity contribution is 5.80. The number of aryl methyl sites for hydroxylation is 1. The number of hydrogen-bond donors (Lipinski definition) is 3. The van der Waals surface area contributed by atoms with Gasteiger partial charge in [0.15, 0.2) is 12.6 Å². The number of amides is 1. The second kappa shape index (κ2) is 11.4. The molecule has 1 atom stereocenters. The molecule has 1 saturated carbocycles. The zero-order chi connectivity index (χ0) is 22.1. The van der Waals surface area contributed by atoms with Crippen molar-refractivity contribution in [3.8, 4) is 5.75 Å². The Labute approximate surface area is 185 Å². The molecule has 0 aromatic heterocycles. The second-order valence-electron chi connectivity index (χ2n) is 8.17. The van der Waals surface area contributed by atoms with Crippen LogP contribution in [-0.4, -0.2) is 37.6 Å². The van der Waals surface area contributed by atoms with Crippen LogP contribution in [0, 0.1) is 6.92 Å². The number of benzene rings is 2. The Morgan fingerprint density at radius 1 is 1.16 bits per heavy atom. The molecule has 0 bridgehead atoms. The standard InChI is InChI=1S/C25H34N4O2/c1-4-26-25(27-15-19(3)21-9-5-7-18(2)13-21)28-16-20-8-6-10-23(14-20)31-17-24(30)29-22-11-12-22/h5-10,13-14,19,22H,4,11-12,15-17H2,1-3H3,(H,29,30)(H2,26,27,28). The predicted octanol–water partition coefficient (Wildman–Crippen LogP) is 3.51. The topological polar surface area (TPSA) is 74.8 Å². The highest BCUT2D eigenvalue weighted by Gasteiger charge is 2.23. The molecule has 3 N–H and O–H groups in total. The minimum atomic E-state index is -0.0627. The Balaban J connectivity index is 1.52. The van der Waals surface area contributed by atoms with Crippen LogP contribution in [0.1, 0.15) is 49.3 Å². The summed E-state index contributed by atoms with van der Waals surface area (Å²) in [5, 5.41) is 9.68. The van der Waals surface area contributed by atoms with E-state index >= 15 is 0 Å². The Bertz CT molecular complexity index is 893. The average Bonchev–Trinajstić information content (AvgIpc) is 3.58. The van der Waals surface area contributed by atoms with Crippen LogP contribution in [0.4, 0.5) is 0 Å². The summed E-state index contributed by atoms with van der Waals surface area (Å²) in [5.41, 5.74) is 3.63. The van der Waals surface area contributed by atoms with Crippen molar-refractivity contribution in [2.45, 2.75) is 52.1 Å². The maximum Gasteiger partial charge on any atom is 0.258 e. The Kier molecular flexibility index (Phi) is 8.33. The summed E-state index contributed by atoms with van der Waals surface area (Å²) in [7, 11) is 0. The van der Waals surface area contributed by atoms with E-state index in [2.05, 4.69) is 61.0 Å². The monoisotopic (exact) mass is 422 g/mol. The van der Waals surface area contributed by atoms with Crippen LogP contribution in [0.15, 0.2) is 53.5 Å². The molecule has 3 rings (SSSR count). The Morgan fingerprint density at radius 3 is 2.71 bits per heavy atom. The third-order valence-electron chi connectivity index (χ3n) is 5.16. The van der Waals surface area contributed by atoms with E-state index in [9.17, 15) is 4.79 Å². The summed E-state index contributed by atoms with van der Waals surface area (Å²) >= 11 is 0. The van der Waals surface area contributed by atoms with E-state index in [1.165, 1.54) is 11.1 Å². The predicted molar refractivity (Wildman–Crippen MR) is 126 cm³/mol. The maximum atomic E-state index is 11.8. The minimum Gasteiger partial charge on any atom is -0.484 e. The number of nitrogens with one attached hydrogen (secondary N) is 3. The molecule has 1 aliphatic rings. The first kappa shape index (κ1) is 22.7. The molecule has 166 valence electrons. The maximum absolute atomic E-state index is 11.8. The quantitative estimate of drug-likeness (QED) is 0.405. The van der Waals surface area contributed by atoms with Gasteiger partial charge in [-0.15, -0.1) is 0 Å². The van der Waals surface area contributed by atoms with Gasteiger partial charge in [0, 0.05) is 19.1 Å². The smallest absolute Gasteiger partial charge is 0.258 e. The van der Waals surface area contributed by atoms with E-state index in [0.717, 1.165) is 37.5 Å². The van der Waals surface area contributed by atoms with Gasteiger partial charge in [-0.1, -0.05) is 48.9 Å². The number of nitrogens with zero attached hydrogens (tertiary/aromatic N) is 1. The molecule has 0 heterocycles. The fraction of sp³-hybridized carbons (Fsp3) is 0.440. The minimum absolute atomic E-state index is 0.0459. The van der Waals surface area contributed by atoms with Gasteiger partial charge in [-0.25, -0.2) is 4.99 Å². The van der Waals surface area contributed by atoms with Gasteiger partial charge in [0.2, 0.25) is 0 Å². The molecule has 0 saturated heterocycles. The largest absolute Gasteiger partial charge is 0.484 e. The normalized spacial score (nSPS) is 14.6. The van der Waals surface area contributed by atoms with E-state index in [-0.39, 0.29) is 12.5 Å². The highest BCUT2D eigenvalue weighted by Crippen LogP contribution is 2.19. The van der Waals surface area contributed by atoms with Gasteiger partial charge < -0.3 is 20.7 Å². The van der Waals surface area contributed by atoms with Crippen molar-refractivity contribution in [1.82, 2.24) is 16.0 Å². The summed E-state index contributed by atoms with van der Waals surface area (Å²) in [6, 6.07) is 16.7. The molecule has 6 heteroatoms. The number of guanidine groups is 1. The lowest BCUT2D eigenvalue weighted by Crippen LogP contribution is -2.39. The number of hydrogen-bond acceptors (Lipinski definition) is 3. The lowest BCUT2D eigenvalue weighted by Gasteiger charge is -2.17. The van der Waals surface area contributed by atoms with Crippen molar-refractivity contribution < 1.29 is 9.53 Å². The Morgan fingerprint density at radius 2 is 1.97 bits per heavy atom. The van der Waals surface area contributed by atoms with Gasteiger partial charge in [-0.3, -0.25) is 4.79 Å². The third-order valence-corrected chi connectivity index (χ3v) is 5.16. The molecule has 0 spiro atoms. The second-order valence-corrected chi connectivity index (χ2v) is 8.17. The molecule has 2 aromatic carbocycles. The first-order valence-electron chi connectivity index (χ1n) is 11.1. The molecule has 0 aliphatic heterocycles. The highest BCUT2D eigenvalue weighted by atomic mass is 16.5. The molecule has 1 amide bonds. The van der Waals surface area contributed by atoms with Crippen molar-refractivity contribution in [2.24, 2.45) is 4.99 Å². The SMILES string of the molecule is CCNC(=NCc1cccc(OCC(=O)NC2CC2)c1)NCC(C)c1cccc(C)c1. The first-order chi connectivity index (χ1) is 15.0. The van der Waals surface area contributed by atoms with Crippen molar-refractivity contribution >= 4 is 11.9 Å². The number of carbonyl (C=O) groups excluding carboxylic acids is 1. The number of rotatable bonds is 10. The van der Waals surface area contributed by atoms with E-state index in [1.54, 1.807) is 0 Å². The summed E-state index contributed by atoms with van der Waals surface area (Å²) < 4.78 is 5.64. The van der Waals surface area contributed by atoms with E-state index in [0.29, 0.717) is 24.3 Å². The molecule has 31 heavy (non-hydrogen) atoms. The van der Waals surface area contributed by atoms with Gasteiger partial charge in [-0.2, -0.15) is 0 Å². The van der Waals surface area contributed by atoms with Crippen molar-refractivity contribution in [2.75, 3.05) is 19.7 Å². The third kappa shape index (κ3) is 7.96. The van der Waals surface area contributed by atoms with E-state index in [4.69, 9.17) is 9.73 Å². The zero-order valence-corrected chi connectivity index (χ0v) is 18.8. The number of carbonyl (C=O) groups is 1. The molecule has 0 radical (unpaired) electrons. The van der Waals surface area contributed by atoms with Gasteiger partial charge >= 0.3 is 0 Å². The van der Waals surface area contributed by atoms with Crippen LogP contribution in [0.25, 0.3) is 0 Å². The van der Waals surface area contributed by atoms with Crippen LogP contribution < -0.4 is 20.7 Å². The van der Waals surface area contributed by atoms with Crippen molar-refractivity contribution in [3.63, 3.8) is 0 Å². The van der Waals surface area contributed by atoms with Crippen LogP contribution >= 0.6 is 0 Å².